The maximum absolute atomic E-state index is 13.2. The van der Waals surface area contributed by atoms with Crippen molar-refractivity contribution in [2.75, 3.05) is 33.2 Å². The first-order valence-corrected chi connectivity index (χ1v) is 11.3. The Kier molecular flexibility index (Phi) is 5.54. The molecule has 0 bridgehead atoms. The number of hydrogen-bond acceptors (Lipinski definition) is 6. The van der Waals surface area contributed by atoms with Crippen LogP contribution in [0.15, 0.2) is 53.1 Å². The number of thiophene rings is 1. The largest absolute Gasteiger partial charge is 0.355 e. The molecule has 0 radical (unpaired) electrons. The molecule has 1 aromatic carbocycles. The minimum absolute atomic E-state index is 0.116. The Labute approximate surface area is 188 Å². The zero-order chi connectivity index (χ0) is 21.4. The highest BCUT2D eigenvalue weighted by Crippen LogP contribution is 2.31. The number of carbonyl (C=O) groups is 1. The van der Waals surface area contributed by atoms with Crippen molar-refractivity contribution in [3.8, 4) is 10.6 Å². The number of likely N-dealkylation sites (N-methyl/N-ethyl adjacent to an activating group) is 1. The van der Waals surface area contributed by atoms with E-state index in [2.05, 4.69) is 22.5 Å². The Balaban J connectivity index is 1.42. The Morgan fingerprint density at radius 3 is 2.74 bits per heavy atom. The first kappa shape index (κ1) is 20.3. The molecule has 0 aliphatic carbocycles. The number of fused-ring (bicyclic) bond motifs is 1. The molecular formula is C22H22ClN5O2S. The van der Waals surface area contributed by atoms with E-state index in [1.54, 1.807) is 0 Å². The zero-order valence-corrected chi connectivity index (χ0v) is 18.6. The van der Waals surface area contributed by atoms with E-state index in [0.717, 1.165) is 47.7 Å². The van der Waals surface area contributed by atoms with Crippen LogP contribution in [0.2, 0.25) is 4.34 Å². The van der Waals surface area contributed by atoms with Gasteiger partial charge in [-0.3, -0.25) is 10.2 Å². The third-order valence-electron chi connectivity index (χ3n) is 5.50. The van der Waals surface area contributed by atoms with Crippen LogP contribution in [0.25, 0.3) is 21.5 Å². The molecule has 0 spiro atoms. The quantitative estimate of drug-likeness (QED) is 0.493. The van der Waals surface area contributed by atoms with Crippen LogP contribution in [-0.2, 0) is 6.54 Å². The number of piperazine rings is 1. The lowest BCUT2D eigenvalue weighted by molar-refractivity contribution is 0.0654. The number of para-hydroxylation sites is 1. The maximum Gasteiger partial charge on any atom is 0.282 e. The van der Waals surface area contributed by atoms with E-state index >= 15 is 0 Å². The fourth-order valence-electron chi connectivity index (χ4n) is 3.80. The summed E-state index contributed by atoms with van der Waals surface area (Å²) in [5.41, 5.74) is 5.39. The number of amides is 1. The molecule has 1 aliphatic heterocycles. The molecule has 9 heteroatoms. The third kappa shape index (κ3) is 4.24. The van der Waals surface area contributed by atoms with E-state index in [1.165, 1.54) is 11.3 Å². The highest BCUT2D eigenvalue weighted by molar-refractivity contribution is 7.19. The minimum atomic E-state index is -0.116. The van der Waals surface area contributed by atoms with Crippen LogP contribution in [0.1, 0.15) is 16.2 Å². The molecule has 0 saturated carbocycles. The summed E-state index contributed by atoms with van der Waals surface area (Å²) in [4.78, 5) is 16.3. The maximum atomic E-state index is 13.2. The molecule has 160 valence electrons. The van der Waals surface area contributed by atoms with Gasteiger partial charge in [-0.25, -0.2) is 5.01 Å². The first-order chi connectivity index (χ1) is 15.1. The number of rotatable bonds is 5. The van der Waals surface area contributed by atoms with Gasteiger partial charge in [0, 0.05) is 43.1 Å². The van der Waals surface area contributed by atoms with Gasteiger partial charge in [-0.2, -0.15) is 0 Å². The van der Waals surface area contributed by atoms with E-state index < -0.39 is 0 Å². The topological polar surface area (TPSA) is 66.5 Å². The summed E-state index contributed by atoms with van der Waals surface area (Å²) in [5.74, 6) is 0.557. The normalized spacial score (nSPS) is 15.5. The molecule has 1 N–H and O–H groups in total. The van der Waals surface area contributed by atoms with Crippen molar-refractivity contribution in [2.24, 2.45) is 0 Å². The second-order valence-electron chi connectivity index (χ2n) is 7.69. The number of nitrogens with zero attached hydrogens (tertiary/aromatic N) is 4. The van der Waals surface area contributed by atoms with Gasteiger partial charge in [0.2, 0.25) is 0 Å². The van der Waals surface area contributed by atoms with Gasteiger partial charge in [-0.1, -0.05) is 35.0 Å². The zero-order valence-electron chi connectivity index (χ0n) is 17.0. The van der Waals surface area contributed by atoms with Crippen molar-refractivity contribution >= 4 is 39.7 Å². The molecule has 1 aliphatic rings. The molecule has 1 saturated heterocycles. The predicted molar refractivity (Wildman–Crippen MR) is 122 cm³/mol. The predicted octanol–water partition coefficient (Wildman–Crippen LogP) is 3.95. The van der Waals surface area contributed by atoms with Crippen molar-refractivity contribution in [1.82, 2.24) is 25.1 Å². The Morgan fingerprint density at radius 1 is 1.16 bits per heavy atom. The fourth-order valence-corrected chi connectivity index (χ4v) is 4.79. The molecular weight excluding hydrogens is 434 g/mol. The van der Waals surface area contributed by atoms with Crippen molar-refractivity contribution in [2.45, 2.75) is 6.54 Å². The molecule has 0 unspecified atom stereocenters. The Morgan fingerprint density at radius 2 is 1.97 bits per heavy atom. The summed E-state index contributed by atoms with van der Waals surface area (Å²) < 4.78 is 8.22. The second kappa shape index (κ2) is 8.47. The molecule has 1 fully saturated rings. The average Bonchev–Trinajstić information content (AvgIpc) is 3.49. The van der Waals surface area contributed by atoms with Gasteiger partial charge in [0.05, 0.1) is 15.8 Å². The van der Waals surface area contributed by atoms with Crippen molar-refractivity contribution in [1.29, 1.82) is 0 Å². The number of carbonyl (C=O) groups excluding carboxylic acids is 1. The lowest BCUT2D eigenvalue weighted by atomic mass is 10.2. The number of hydrazine groups is 1. The van der Waals surface area contributed by atoms with Crippen LogP contribution in [0.5, 0.6) is 0 Å². The summed E-state index contributed by atoms with van der Waals surface area (Å²) in [7, 11) is 2.09. The van der Waals surface area contributed by atoms with Crippen LogP contribution >= 0.6 is 22.9 Å². The van der Waals surface area contributed by atoms with Gasteiger partial charge < -0.3 is 14.0 Å². The van der Waals surface area contributed by atoms with E-state index in [4.69, 9.17) is 16.1 Å². The Hall–Kier alpha value is -2.65. The third-order valence-corrected chi connectivity index (χ3v) is 6.75. The molecule has 31 heavy (non-hydrogen) atoms. The van der Waals surface area contributed by atoms with Crippen molar-refractivity contribution < 1.29 is 9.32 Å². The Bertz CT molecular complexity index is 1220. The molecule has 1 amide bonds. The van der Waals surface area contributed by atoms with Crippen molar-refractivity contribution in [3.05, 3.63) is 64.3 Å². The van der Waals surface area contributed by atoms with Gasteiger partial charge in [0.15, 0.2) is 5.76 Å². The monoisotopic (exact) mass is 455 g/mol. The number of halogens is 1. The molecule has 7 nitrogen and oxygen atoms in total. The molecule has 3 aromatic heterocycles. The second-order valence-corrected chi connectivity index (χ2v) is 9.41. The summed E-state index contributed by atoms with van der Waals surface area (Å²) in [6, 6.07) is 15.6. The molecule has 4 heterocycles. The van der Waals surface area contributed by atoms with Gasteiger partial charge in [0.25, 0.3) is 5.91 Å². The smallest absolute Gasteiger partial charge is 0.282 e. The summed E-state index contributed by atoms with van der Waals surface area (Å²) in [6.45, 7) is 3.90. The number of nitrogens with one attached hydrogen (secondary N) is 1. The summed E-state index contributed by atoms with van der Waals surface area (Å²) in [5, 5.41) is 7.23. The summed E-state index contributed by atoms with van der Waals surface area (Å²) >= 11 is 7.49. The van der Waals surface area contributed by atoms with E-state index in [9.17, 15) is 4.79 Å². The van der Waals surface area contributed by atoms with E-state index in [-0.39, 0.29) is 5.91 Å². The van der Waals surface area contributed by atoms with E-state index in [1.807, 2.05) is 58.1 Å². The van der Waals surface area contributed by atoms with Crippen LogP contribution in [0.4, 0.5) is 0 Å². The molecule has 4 aromatic rings. The van der Waals surface area contributed by atoms with Crippen molar-refractivity contribution in [3.63, 3.8) is 0 Å². The number of aromatic nitrogens is 2. The van der Waals surface area contributed by atoms with Gasteiger partial charge in [-0.05, 0) is 31.3 Å². The SMILES string of the molecule is CN1CCN(NC(=O)c2cc3ccccc3n2Cc2cc(-c3ccc(Cl)s3)on2)CC1. The van der Waals surface area contributed by atoms with Crippen LogP contribution < -0.4 is 5.43 Å². The van der Waals surface area contributed by atoms with Gasteiger partial charge >= 0.3 is 0 Å². The van der Waals surface area contributed by atoms with E-state index in [0.29, 0.717) is 22.3 Å². The average molecular weight is 456 g/mol. The summed E-state index contributed by atoms with van der Waals surface area (Å²) in [6.07, 6.45) is 0. The van der Waals surface area contributed by atoms with Crippen LogP contribution in [-0.4, -0.2) is 58.8 Å². The standard InChI is InChI=1S/C22H22ClN5O2S/c1-26-8-10-27(11-9-26)24-22(29)18-12-15-4-2-3-5-17(15)28(18)14-16-13-19(30-25-16)20-6-7-21(23)31-20/h2-7,12-13H,8-11,14H2,1H3,(H,24,29). The van der Waals surface area contributed by atoms with Crippen LogP contribution in [0, 0.1) is 0 Å². The molecule has 5 rings (SSSR count). The van der Waals surface area contributed by atoms with Crippen LogP contribution in [0.3, 0.4) is 0 Å². The lowest BCUT2D eigenvalue weighted by Crippen LogP contribution is -2.52. The number of benzene rings is 1. The van der Waals surface area contributed by atoms with Gasteiger partial charge in [0.1, 0.15) is 11.4 Å². The van der Waals surface area contributed by atoms with Gasteiger partial charge in [-0.15, -0.1) is 11.3 Å². The number of hydrogen-bond donors (Lipinski definition) is 1. The molecule has 0 atom stereocenters. The fraction of sp³-hybridized carbons (Fsp3) is 0.273. The highest BCUT2D eigenvalue weighted by atomic mass is 35.5. The first-order valence-electron chi connectivity index (χ1n) is 10.1. The highest BCUT2D eigenvalue weighted by Gasteiger charge is 2.21. The lowest BCUT2D eigenvalue weighted by Gasteiger charge is -2.32. The minimum Gasteiger partial charge on any atom is -0.355 e.